The summed E-state index contributed by atoms with van der Waals surface area (Å²) in [6, 6.07) is 12.2. The van der Waals surface area contributed by atoms with Crippen LogP contribution in [0.5, 0.6) is 11.5 Å². The number of hydrogen-bond donors (Lipinski definition) is 2. The van der Waals surface area contributed by atoms with Crippen LogP contribution in [0.15, 0.2) is 47.6 Å². The molecule has 0 saturated heterocycles. The van der Waals surface area contributed by atoms with Gasteiger partial charge in [0, 0.05) is 9.90 Å². The predicted octanol–water partition coefficient (Wildman–Crippen LogP) is 5.81. The Hall–Kier alpha value is -3.56. The number of methoxy groups -OCH3 is 1. The predicted molar refractivity (Wildman–Crippen MR) is 141 cm³/mol. The zero-order valence-electron chi connectivity index (χ0n) is 19.9. The fraction of sp³-hybridized carbons (Fsp3) is 0.269. The number of esters is 1. The van der Waals surface area contributed by atoms with Gasteiger partial charge in [-0.2, -0.15) is 5.10 Å². The van der Waals surface area contributed by atoms with Crippen LogP contribution in [0.4, 0.5) is 9.80 Å². The molecule has 4 rings (SSSR count). The minimum Gasteiger partial charge on any atom is -0.493 e. The maximum Gasteiger partial charge on any atom is 0.341 e. The van der Waals surface area contributed by atoms with E-state index >= 15 is 0 Å². The monoisotopic (exact) mass is 527 g/mol. The lowest BCUT2D eigenvalue weighted by Crippen LogP contribution is -2.25. The Morgan fingerprint density at radius 2 is 1.94 bits per heavy atom. The summed E-state index contributed by atoms with van der Waals surface area (Å²) >= 11 is 7.33. The highest BCUT2D eigenvalue weighted by Gasteiger charge is 2.28. The zero-order chi connectivity index (χ0) is 25.5. The molecule has 1 heterocycles. The van der Waals surface area contributed by atoms with Crippen molar-refractivity contribution in [1.29, 1.82) is 0 Å². The molecule has 0 saturated carbocycles. The number of aryl methyl sites for hydroxylation is 1. The number of hydrogen-bond acceptors (Lipinski definition) is 7. The molecule has 0 unspecified atom stereocenters. The van der Waals surface area contributed by atoms with Crippen molar-refractivity contribution in [3.63, 3.8) is 0 Å². The highest BCUT2D eigenvalue weighted by molar-refractivity contribution is 7.17. The number of urea groups is 1. The molecule has 36 heavy (non-hydrogen) atoms. The van der Waals surface area contributed by atoms with E-state index < -0.39 is 12.0 Å². The molecule has 0 spiro atoms. The average molecular weight is 528 g/mol. The van der Waals surface area contributed by atoms with Crippen LogP contribution in [0.2, 0.25) is 5.02 Å². The maximum atomic E-state index is 12.5. The van der Waals surface area contributed by atoms with Crippen molar-refractivity contribution in [3.8, 4) is 11.5 Å². The van der Waals surface area contributed by atoms with Gasteiger partial charge in [-0.3, -0.25) is 5.32 Å². The smallest absolute Gasteiger partial charge is 0.341 e. The molecule has 2 aromatic carbocycles. The van der Waals surface area contributed by atoms with Crippen LogP contribution in [-0.4, -0.2) is 31.9 Å². The fourth-order valence-electron chi connectivity index (χ4n) is 3.83. The molecule has 2 amide bonds. The number of carbonyl (C=O) groups excluding carboxylic acids is 2. The van der Waals surface area contributed by atoms with Crippen LogP contribution in [0, 0.1) is 0 Å². The first-order valence-electron chi connectivity index (χ1n) is 11.5. The number of fused-ring (bicyclic) bond motifs is 1. The van der Waals surface area contributed by atoms with Crippen LogP contribution in [0.25, 0.3) is 0 Å². The van der Waals surface area contributed by atoms with E-state index in [0.717, 1.165) is 35.3 Å². The van der Waals surface area contributed by atoms with Crippen molar-refractivity contribution in [2.24, 2.45) is 5.10 Å². The summed E-state index contributed by atoms with van der Waals surface area (Å²) in [5.74, 6) is 0.693. The van der Waals surface area contributed by atoms with Gasteiger partial charge in [-0.05, 0) is 73.2 Å². The van der Waals surface area contributed by atoms with Crippen molar-refractivity contribution >= 4 is 46.2 Å². The van der Waals surface area contributed by atoms with Gasteiger partial charge in [0.2, 0.25) is 0 Å². The minimum atomic E-state index is -0.549. The van der Waals surface area contributed by atoms with E-state index in [4.69, 9.17) is 25.8 Å². The number of ether oxygens (including phenoxy) is 3. The second-order valence-electron chi connectivity index (χ2n) is 7.93. The van der Waals surface area contributed by atoms with Gasteiger partial charge in [-0.1, -0.05) is 23.7 Å². The lowest BCUT2D eigenvalue weighted by atomic mass is 10.1. The van der Waals surface area contributed by atoms with Crippen molar-refractivity contribution in [2.45, 2.75) is 32.8 Å². The molecule has 8 nitrogen and oxygen atoms in total. The molecule has 0 atom stereocenters. The van der Waals surface area contributed by atoms with Crippen molar-refractivity contribution < 1.29 is 23.8 Å². The van der Waals surface area contributed by atoms with Crippen LogP contribution in [-0.2, 0) is 24.2 Å². The topological polar surface area (TPSA) is 98.2 Å². The van der Waals surface area contributed by atoms with Gasteiger partial charge >= 0.3 is 12.0 Å². The van der Waals surface area contributed by atoms with E-state index in [9.17, 15) is 9.59 Å². The van der Waals surface area contributed by atoms with E-state index in [1.54, 1.807) is 32.2 Å². The number of rotatable bonds is 9. The number of hydrazone groups is 1. The van der Waals surface area contributed by atoms with Gasteiger partial charge in [-0.15, -0.1) is 11.3 Å². The second-order valence-corrected chi connectivity index (χ2v) is 9.47. The minimum absolute atomic E-state index is 0.272. The van der Waals surface area contributed by atoms with Gasteiger partial charge in [0.15, 0.2) is 11.5 Å². The number of nitrogens with one attached hydrogen (secondary N) is 2. The Morgan fingerprint density at radius 3 is 2.69 bits per heavy atom. The van der Waals surface area contributed by atoms with Gasteiger partial charge < -0.3 is 14.2 Å². The Balaban J connectivity index is 1.36. The first-order valence-corrected chi connectivity index (χ1v) is 12.6. The Bertz CT molecular complexity index is 1270. The first-order chi connectivity index (χ1) is 17.5. The summed E-state index contributed by atoms with van der Waals surface area (Å²) in [5, 5.41) is 7.89. The number of amides is 2. The number of halogens is 1. The summed E-state index contributed by atoms with van der Waals surface area (Å²) in [6.45, 7) is 2.39. The molecule has 1 aromatic heterocycles. The first kappa shape index (κ1) is 25.5. The summed E-state index contributed by atoms with van der Waals surface area (Å²) in [5.41, 5.74) is 5.54. The molecule has 0 radical (unpaired) electrons. The summed E-state index contributed by atoms with van der Waals surface area (Å²) in [4.78, 5) is 26.0. The Labute approximate surface area is 218 Å². The highest BCUT2D eigenvalue weighted by atomic mass is 35.5. The average Bonchev–Trinajstić information content (AvgIpc) is 3.45. The number of carbonyl (C=O) groups is 2. The van der Waals surface area contributed by atoms with Gasteiger partial charge in [-0.25, -0.2) is 15.0 Å². The van der Waals surface area contributed by atoms with E-state index in [0.29, 0.717) is 39.3 Å². The molecule has 188 valence electrons. The molecule has 0 aliphatic heterocycles. The summed E-state index contributed by atoms with van der Waals surface area (Å²) in [6.07, 6.45) is 4.20. The van der Waals surface area contributed by atoms with Gasteiger partial charge in [0.05, 0.1) is 25.5 Å². The number of nitrogens with zero attached hydrogens (tertiary/aromatic N) is 1. The van der Waals surface area contributed by atoms with Crippen molar-refractivity contribution in [1.82, 2.24) is 5.43 Å². The van der Waals surface area contributed by atoms with Crippen LogP contribution in [0.1, 0.15) is 45.3 Å². The normalized spacial score (nSPS) is 12.3. The van der Waals surface area contributed by atoms with Crippen molar-refractivity contribution in [3.05, 3.63) is 74.6 Å². The molecule has 0 bridgehead atoms. The molecule has 1 aliphatic rings. The SMILES string of the molecule is CCOC(=O)c1c(NC(=O)NN=Cc2ccc(OCc3ccc(Cl)cc3)c(OC)c2)sc2c1CCC2. The summed E-state index contributed by atoms with van der Waals surface area (Å²) < 4.78 is 16.5. The quantitative estimate of drug-likeness (QED) is 0.208. The molecule has 3 aromatic rings. The summed E-state index contributed by atoms with van der Waals surface area (Å²) in [7, 11) is 1.55. The second kappa shape index (κ2) is 11.9. The molecule has 10 heteroatoms. The number of benzene rings is 2. The maximum absolute atomic E-state index is 12.5. The van der Waals surface area contributed by atoms with Crippen molar-refractivity contribution in [2.75, 3.05) is 19.0 Å². The largest absolute Gasteiger partial charge is 0.493 e. The molecular weight excluding hydrogens is 502 g/mol. The highest BCUT2D eigenvalue weighted by Crippen LogP contribution is 2.39. The third-order valence-corrected chi connectivity index (χ3v) is 6.96. The molecule has 1 aliphatic carbocycles. The lowest BCUT2D eigenvalue weighted by molar-refractivity contribution is 0.0527. The van der Waals surface area contributed by atoms with Crippen LogP contribution < -0.4 is 20.2 Å². The van der Waals surface area contributed by atoms with E-state index in [1.807, 2.05) is 24.3 Å². The molecular formula is C26H26ClN3O5S. The zero-order valence-corrected chi connectivity index (χ0v) is 21.5. The standard InChI is InChI=1S/C26H26ClN3O5S/c1-3-34-25(31)23-19-5-4-6-22(19)36-24(23)29-26(32)30-28-14-17-9-12-20(21(13-17)33-2)35-15-16-7-10-18(27)11-8-16/h7-14H,3-6,15H2,1-2H3,(H2,29,30,32). The number of anilines is 1. The lowest BCUT2D eigenvalue weighted by Gasteiger charge is -2.11. The third-order valence-electron chi connectivity index (χ3n) is 5.50. The van der Waals surface area contributed by atoms with Crippen LogP contribution in [0.3, 0.4) is 0 Å². The van der Waals surface area contributed by atoms with Crippen LogP contribution >= 0.6 is 22.9 Å². The third kappa shape index (κ3) is 6.16. The van der Waals surface area contributed by atoms with E-state index in [2.05, 4.69) is 15.8 Å². The molecule has 2 N–H and O–H groups in total. The number of thiophene rings is 1. The fourth-order valence-corrected chi connectivity index (χ4v) is 5.23. The van der Waals surface area contributed by atoms with E-state index in [-0.39, 0.29) is 6.61 Å². The Kier molecular flexibility index (Phi) is 8.45. The van der Waals surface area contributed by atoms with Gasteiger partial charge in [0.25, 0.3) is 0 Å². The Morgan fingerprint density at radius 1 is 1.14 bits per heavy atom. The van der Waals surface area contributed by atoms with Gasteiger partial charge in [0.1, 0.15) is 11.6 Å². The van der Waals surface area contributed by atoms with E-state index in [1.165, 1.54) is 17.6 Å². The molecule has 0 fully saturated rings.